The van der Waals surface area contributed by atoms with Gasteiger partial charge in [0.2, 0.25) is 0 Å². The van der Waals surface area contributed by atoms with E-state index in [-0.39, 0.29) is 30.2 Å². The van der Waals surface area contributed by atoms with Gasteiger partial charge in [0, 0.05) is 35.0 Å². The molecule has 1 atom stereocenters. The first kappa shape index (κ1) is 33.2. The van der Waals surface area contributed by atoms with Crippen LogP contribution in [0, 0.1) is 11.6 Å². The largest absolute Gasteiger partial charge is 0.479 e. The molecule has 0 aliphatic heterocycles. The van der Waals surface area contributed by atoms with Crippen LogP contribution in [0.1, 0.15) is 39.6 Å². The highest BCUT2D eigenvalue weighted by molar-refractivity contribution is 6.09. The Kier molecular flexibility index (Phi) is 10.4. The minimum Gasteiger partial charge on any atom is -0.479 e. The fourth-order valence-corrected chi connectivity index (χ4v) is 4.74. The van der Waals surface area contributed by atoms with Crippen LogP contribution in [0.25, 0.3) is 11.1 Å². The highest BCUT2D eigenvalue weighted by Gasteiger charge is 2.23. The Bertz CT molecular complexity index is 1970. The third-order valence-electron chi connectivity index (χ3n) is 7.15. The quantitative estimate of drug-likeness (QED) is 0.112. The van der Waals surface area contributed by atoms with Gasteiger partial charge >= 0.3 is 5.97 Å². The van der Waals surface area contributed by atoms with Crippen LogP contribution >= 0.6 is 0 Å². The number of anilines is 2. The number of amides is 2. The molecular formula is C36H30F2N4O6. The van der Waals surface area contributed by atoms with Crippen LogP contribution < -0.4 is 25.8 Å². The molecule has 0 radical (unpaired) electrons. The molecule has 5 rings (SSSR count). The number of carbonyl (C=O) groups is 3. The number of halogens is 2. The first-order valence-electron chi connectivity index (χ1n) is 14.8. The van der Waals surface area contributed by atoms with Crippen molar-refractivity contribution in [3.63, 3.8) is 0 Å². The second-order valence-corrected chi connectivity index (χ2v) is 10.4. The smallest absolute Gasteiger partial charge is 0.344 e. The number of aromatic nitrogens is 1. The number of hydrogen-bond donors (Lipinski definition) is 4. The Hall–Kier alpha value is -6.14. The minimum absolute atomic E-state index is 0.0169. The summed E-state index contributed by atoms with van der Waals surface area (Å²) in [6, 6.07) is 27.4. The number of rotatable bonds is 12. The maximum Gasteiger partial charge on any atom is 0.344 e. The van der Waals surface area contributed by atoms with Gasteiger partial charge in [-0.25, -0.2) is 13.6 Å². The fraction of sp³-hybridized carbons (Fsp3) is 0.111. The summed E-state index contributed by atoms with van der Waals surface area (Å²) in [7, 11) is 0. The molecule has 5 aromatic rings. The second kappa shape index (κ2) is 15.0. The monoisotopic (exact) mass is 652 g/mol. The van der Waals surface area contributed by atoms with Gasteiger partial charge in [-0.1, -0.05) is 61.5 Å². The predicted octanol–water partition coefficient (Wildman–Crippen LogP) is 7.02. The van der Waals surface area contributed by atoms with E-state index in [1.807, 2.05) is 0 Å². The van der Waals surface area contributed by atoms with Crippen molar-refractivity contribution < 1.29 is 37.7 Å². The number of para-hydroxylation sites is 1. The number of carboxylic acids is 1. The van der Waals surface area contributed by atoms with Crippen molar-refractivity contribution in [2.75, 3.05) is 10.6 Å². The van der Waals surface area contributed by atoms with Crippen LogP contribution in [0.3, 0.4) is 0 Å². The van der Waals surface area contributed by atoms with Crippen molar-refractivity contribution in [1.82, 2.24) is 4.98 Å². The lowest BCUT2D eigenvalue weighted by Gasteiger charge is -2.17. The van der Waals surface area contributed by atoms with Crippen LogP contribution in [0.4, 0.5) is 20.2 Å². The van der Waals surface area contributed by atoms with Crippen molar-refractivity contribution >= 4 is 29.2 Å². The molecule has 0 aliphatic carbocycles. The molecule has 1 aromatic heterocycles. The third-order valence-corrected chi connectivity index (χ3v) is 7.15. The molecule has 5 N–H and O–H groups in total. The van der Waals surface area contributed by atoms with Gasteiger partial charge in [0.05, 0.1) is 5.69 Å². The molecule has 0 spiro atoms. The normalized spacial score (nSPS) is 11.3. The van der Waals surface area contributed by atoms with Gasteiger partial charge < -0.3 is 30.9 Å². The van der Waals surface area contributed by atoms with Gasteiger partial charge in [0.15, 0.2) is 17.7 Å². The van der Waals surface area contributed by atoms with Gasteiger partial charge in [-0.3, -0.25) is 9.59 Å². The SMILES string of the molecule is CC[C@@H](Oc1nc(Oc2cccc(-c3cccc(CN)c3NC(=O)c3cccc(NC(=O)c4ccccc4)c3)c2)c(F)cc1F)C(=O)O. The maximum atomic E-state index is 14.7. The van der Waals surface area contributed by atoms with Crippen LogP contribution in [-0.4, -0.2) is 34.0 Å². The summed E-state index contributed by atoms with van der Waals surface area (Å²) in [6.07, 6.45) is -1.38. The van der Waals surface area contributed by atoms with E-state index in [2.05, 4.69) is 15.6 Å². The number of ether oxygens (including phenoxy) is 2. The van der Waals surface area contributed by atoms with E-state index >= 15 is 0 Å². The topological polar surface area (TPSA) is 153 Å². The number of aliphatic carboxylic acids is 1. The van der Waals surface area contributed by atoms with Crippen LogP contribution in [-0.2, 0) is 11.3 Å². The summed E-state index contributed by atoms with van der Waals surface area (Å²) in [5, 5.41) is 15.0. The Labute approximate surface area is 274 Å². The van der Waals surface area contributed by atoms with Crippen LogP contribution in [0.15, 0.2) is 103 Å². The van der Waals surface area contributed by atoms with E-state index in [4.69, 9.17) is 15.2 Å². The third kappa shape index (κ3) is 7.80. The highest BCUT2D eigenvalue weighted by Crippen LogP contribution is 2.35. The van der Waals surface area contributed by atoms with Crippen molar-refractivity contribution in [3.8, 4) is 28.6 Å². The number of nitrogens with zero attached hydrogens (tertiary/aromatic N) is 1. The van der Waals surface area contributed by atoms with Gasteiger partial charge in [-0.15, -0.1) is 0 Å². The molecule has 12 heteroatoms. The molecule has 0 aliphatic rings. The summed E-state index contributed by atoms with van der Waals surface area (Å²) in [5.74, 6) is -5.67. The van der Waals surface area contributed by atoms with E-state index in [1.165, 1.54) is 13.0 Å². The van der Waals surface area contributed by atoms with Crippen molar-refractivity contribution in [3.05, 3.63) is 131 Å². The summed E-state index contributed by atoms with van der Waals surface area (Å²) < 4.78 is 39.8. The summed E-state index contributed by atoms with van der Waals surface area (Å²) >= 11 is 0. The van der Waals surface area contributed by atoms with E-state index in [0.717, 1.165) is 0 Å². The lowest BCUT2D eigenvalue weighted by atomic mass is 9.99. The van der Waals surface area contributed by atoms with E-state index < -0.39 is 41.4 Å². The molecule has 4 aromatic carbocycles. The molecular weight excluding hydrogens is 622 g/mol. The predicted molar refractivity (Wildman–Crippen MR) is 175 cm³/mol. The molecule has 0 fully saturated rings. The molecule has 244 valence electrons. The first-order chi connectivity index (χ1) is 23.2. The Morgan fingerprint density at radius 2 is 1.50 bits per heavy atom. The van der Waals surface area contributed by atoms with Gasteiger partial charge in [-0.2, -0.15) is 4.98 Å². The molecule has 1 heterocycles. The average molecular weight is 653 g/mol. The molecule has 0 unspecified atom stereocenters. The minimum atomic E-state index is -1.40. The Morgan fingerprint density at radius 1 is 0.812 bits per heavy atom. The molecule has 0 saturated carbocycles. The van der Waals surface area contributed by atoms with Crippen LogP contribution in [0.2, 0.25) is 0 Å². The number of pyridine rings is 1. The maximum absolute atomic E-state index is 14.7. The summed E-state index contributed by atoms with van der Waals surface area (Å²) in [5.41, 5.74) is 9.36. The summed E-state index contributed by atoms with van der Waals surface area (Å²) in [4.78, 5) is 41.2. The lowest BCUT2D eigenvalue weighted by Crippen LogP contribution is -2.26. The van der Waals surface area contributed by atoms with E-state index in [9.17, 15) is 28.3 Å². The molecule has 10 nitrogen and oxygen atoms in total. The van der Waals surface area contributed by atoms with Gasteiger partial charge in [-0.05, 0) is 60.0 Å². The number of hydrogen-bond acceptors (Lipinski definition) is 7. The second-order valence-electron chi connectivity index (χ2n) is 10.4. The standard InChI is InChI=1S/C36H30F2N4O6/c1-2-30(36(45)46)48-35-29(38)19-28(37)34(42-35)47-26-15-7-11-22(18-26)27-16-8-13-24(20-39)31(27)41-33(44)23-12-6-14-25(17-23)40-32(43)21-9-4-3-5-10-21/h3-19,30H,2,20,39H2,1H3,(H,40,43)(H,41,44)(H,45,46)/t30-/m1/s1. The highest BCUT2D eigenvalue weighted by atomic mass is 19.1. The number of benzene rings is 4. The Morgan fingerprint density at radius 3 is 2.23 bits per heavy atom. The van der Waals surface area contributed by atoms with Crippen molar-refractivity contribution in [2.45, 2.75) is 26.0 Å². The van der Waals surface area contributed by atoms with Gasteiger partial charge in [0.25, 0.3) is 23.6 Å². The number of nitrogens with two attached hydrogens (primary N) is 1. The molecule has 48 heavy (non-hydrogen) atoms. The van der Waals surface area contributed by atoms with Crippen molar-refractivity contribution in [2.24, 2.45) is 5.73 Å². The van der Waals surface area contributed by atoms with Crippen molar-refractivity contribution in [1.29, 1.82) is 0 Å². The molecule has 2 amide bonds. The van der Waals surface area contributed by atoms with Crippen LogP contribution in [0.5, 0.6) is 17.5 Å². The first-order valence-corrected chi connectivity index (χ1v) is 14.8. The zero-order valence-corrected chi connectivity index (χ0v) is 25.6. The number of nitrogens with one attached hydrogen (secondary N) is 2. The van der Waals surface area contributed by atoms with E-state index in [0.29, 0.717) is 39.7 Å². The Balaban J connectivity index is 1.40. The number of carboxylic acid groups (broad SMARTS) is 1. The molecule has 0 bridgehead atoms. The fourth-order valence-electron chi connectivity index (χ4n) is 4.74. The van der Waals surface area contributed by atoms with E-state index in [1.54, 1.807) is 91.0 Å². The van der Waals surface area contributed by atoms with Gasteiger partial charge in [0.1, 0.15) is 5.75 Å². The zero-order valence-electron chi connectivity index (χ0n) is 25.6. The number of carbonyl (C=O) groups excluding carboxylic acids is 2. The zero-order chi connectivity index (χ0) is 34.2. The average Bonchev–Trinajstić information content (AvgIpc) is 3.09. The summed E-state index contributed by atoms with van der Waals surface area (Å²) in [6.45, 7) is 1.62. The lowest BCUT2D eigenvalue weighted by molar-refractivity contribution is -0.145. The molecule has 0 saturated heterocycles.